The van der Waals surface area contributed by atoms with Crippen LogP contribution in [0.2, 0.25) is 0 Å². The molecule has 0 saturated carbocycles. The van der Waals surface area contributed by atoms with Gasteiger partial charge in [-0.15, -0.1) is 11.3 Å². The maximum absolute atomic E-state index is 13.7. The second kappa shape index (κ2) is 7.17. The highest BCUT2D eigenvalue weighted by Gasteiger charge is 2.39. The molecule has 0 amide bonds. The molecule has 0 fully saturated rings. The van der Waals surface area contributed by atoms with E-state index in [0.29, 0.717) is 30.1 Å². The zero-order chi connectivity index (χ0) is 20.8. The number of rotatable bonds is 3. The molecular weight excluding hydrogens is 401 g/mol. The summed E-state index contributed by atoms with van der Waals surface area (Å²) in [6, 6.07) is 7.26. The second-order valence-corrected chi connectivity index (χ2v) is 7.84. The van der Waals surface area contributed by atoms with Gasteiger partial charge in [-0.05, 0) is 30.2 Å². The maximum Gasteiger partial charge on any atom is 0.435 e. The number of nitrogens with zero attached hydrogens (tertiary/aromatic N) is 4. The van der Waals surface area contributed by atoms with Crippen LogP contribution in [-0.2, 0) is 19.3 Å². The van der Waals surface area contributed by atoms with Crippen LogP contribution < -0.4 is 11.1 Å². The van der Waals surface area contributed by atoms with Gasteiger partial charge in [-0.2, -0.15) is 23.5 Å². The lowest BCUT2D eigenvalue weighted by Gasteiger charge is -2.25. The molecule has 0 radical (unpaired) electrons. The Balaban J connectivity index is 1.92. The zero-order valence-electron chi connectivity index (χ0n) is 15.4. The van der Waals surface area contributed by atoms with Gasteiger partial charge in [0.15, 0.2) is 5.69 Å². The molecule has 0 aliphatic carbocycles. The van der Waals surface area contributed by atoms with E-state index in [9.17, 15) is 18.4 Å². The third kappa shape index (κ3) is 3.47. The molecular formula is C19H17F3N6S. The van der Waals surface area contributed by atoms with Crippen molar-refractivity contribution in [1.82, 2.24) is 20.1 Å². The Hall–Kier alpha value is -2.90. The Morgan fingerprint density at radius 3 is 2.86 bits per heavy atom. The first kappa shape index (κ1) is 19.4. The minimum Gasteiger partial charge on any atom is -0.384 e. The van der Waals surface area contributed by atoms with Crippen LogP contribution in [-0.4, -0.2) is 21.3 Å². The molecule has 10 heteroatoms. The summed E-state index contributed by atoms with van der Waals surface area (Å²) in [5.74, 6) is -0.112. The number of aryl methyl sites for hydroxylation is 1. The molecule has 3 aromatic rings. The number of hydrogen-bond acceptors (Lipinski definition) is 6. The van der Waals surface area contributed by atoms with Crippen LogP contribution in [0.25, 0.3) is 11.3 Å². The minimum absolute atomic E-state index is 0.0930. The number of fused-ring (bicyclic) bond motifs is 1. The van der Waals surface area contributed by atoms with Crippen LogP contribution in [0.3, 0.4) is 0 Å². The van der Waals surface area contributed by atoms with E-state index in [1.54, 1.807) is 19.1 Å². The number of hydrogen-bond donors (Lipinski definition) is 2. The molecule has 4 heterocycles. The predicted octanol–water partition coefficient (Wildman–Crippen LogP) is 3.73. The zero-order valence-corrected chi connectivity index (χ0v) is 16.2. The second-order valence-electron chi connectivity index (χ2n) is 6.70. The molecule has 1 aliphatic rings. The quantitative estimate of drug-likeness (QED) is 0.676. The average Bonchev–Trinajstić information content (AvgIpc) is 3.31. The highest BCUT2D eigenvalue weighted by Crippen LogP contribution is 2.42. The van der Waals surface area contributed by atoms with Crippen LogP contribution in [0, 0.1) is 11.3 Å². The topological polar surface area (TPSA) is 92.5 Å². The van der Waals surface area contributed by atoms with Crippen LogP contribution in [0.15, 0.2) is 24.4 Å². The van der Waals surface area contributed by atoms with Gasteiger partial charge >= 0.3 is 6.18 Å². The molecule has 0 saturated heterocycles. The first-order chi connectivity index (χ1) is 13.8. The summed E-state index contributed by atoms with van der Waals surface area (Å²) >= 11 is 1.39. The number of pyridine rings is 1. The summed E-state index contributed by atoms with van der Waals surface area (Å²) in [7, 11) is 0. The van der Waals surface area contributed by atoms with Gasteiger partial charge in [0.2, 0.25) is 0 Å². The van der Waals surface area contributed by atoms with Gasteiger partial charge in [-0.25, -0.2) is 4.98 Å². The number of anilines is 1. The molecule has 4 rings (SSSR count). The minimum atomic E-state index is -4.62. The highest BCUT2D eigenvalue weighted by molar-refractivity contribution is 7.12. The van der Waals surface area contributed by atoms with E-state index in [-0.39, 0.29) is 23.0 Å². The molecule has 0 bridgehead atoms. The van der Waals surface area contributed by atoms with Gasteiger partial charge in [-0.1, -0.05) is 6.07 Å². The monoisotopic (exact) mass is 418 g/mol. The Morgan fingerprint density at radius 1 is 1.38 bits per heavy atom. The predicted molar refractivity (Wildman–Crippen MR) is 103 cm³/mol. The molecule has 0 aromatic carbocycles. The van der Waals surface area contributed by atoms with Crippen molar-refractivity contribution in [3.05, 3.63) is 51.0 Å². The lowest BCUT2D eigenvalue weighted by atomic mass is 9.86. The number of alkyl halides is 3. The smallest absolute Gasteiger partial charge is 0.384 e. The summed E-state index contributed by atoms with van der Waals surface area (Å²) < 4.78 is 42.2. The van der Waals surface area contributed by atoms with Crippen LogP contribution >= 0.6 is 11.3 Å². The van der Waals surface area contributed by atoms with Crippen LogP contribution in [0.4, 0.5) is 19.0 Å². The number of aromatic nitrogens is 3. The standard InChI is InChI=1S/C19H17F3N6S/c1-2-28-9-14(18(27-28)19(20,21)22)17-11(3-4-16(24)26-17)13-7-25-8-15-12(13)5-10(6-23)29-15/h3-5,9,13,25H,2,7-8H2,1H3,(H2,24,26). The average molecular weight is 418 g/mol. The van der Waals surface area contributed by atoms with Gasteiger partial charge in [0.1, 0.15) is 16.8 Å². The molecule has 3 N–H and O–H groups in total. The number of nitrogens with one attached hydrogen (secondary N) is 1. The maximum atomic E-state index is 13.7. The highest BCUT2D eigenvalue weighted by atomic mass is 32.1. The van der Waals surface area contributed by atoms with Gasteiger partial charge in [-0.3, -0.25) is 4.68 Å². The van der Waals surface area contributed by atoms with Crippen LogP contribution in [0.5, 0.6) is 0 Å². The number of nitriles is 1. The van der Waals surface area contributed by atoms with Crippen molar-refractivity contribution in [3.8, 4) is 17.3 Å². The SMILES string of the molecule is CCn1cc(-c2nc(N)ccc2C2CNCc3sc(C#N)cc32)c(C(F)(F)F)n1. The van der Waals surface area contributed by atoms with E-state index < -0.39 is 11.9 Å². The normalized spacial score (nSPS) is 16.4. The van der Waals surface area contributed by atoms with E-state index in [4.69, 9.17) is 5.73 Å². The first-order valence-corrected chi connectivity index (χ1v) is 9.78. The Kier molecular flexibility index (Phi) is 4.80. The van der Waals surface area contributed by atoms with Crippen molar-refractivity contribution >= 4 is 17.2 Å². The molecule has 1 atom stereocenters. The number of thiophene rings is 1. The Bertz CT molecular complexity index is 1110. The summed E-state index contributed by atoms with van der Waals surface area (Å²) in [5, 5.41) is 16.2. The van der Waals surface area contributed by atoms with E-state index in [0.717, 1.165) is 10.4 Å². The fraction of sp³-hybridized carbons (Fsp3) is 0.316. The van der Waals surface area contributed by atoms with E-state index in [1.807, 2.05) is 6.07 Å². The Morgan fingerprint density at radius 2 is 2.17 bits per heavy atom. The third-order valence-corrected chi connectivity index (χ3v) is 5.95. The van der Waals surface area contributed by atoms with Gasteiger partial charge in [0.25, 0.3) is 0 Å². The van der Waals surface area contributed by atoms with Crippen molar-refractivity contribution in [2.24, 2.45) is 0 Å². The molecule has 3 aromatic heterocycles. The molecule has 150 valence electrons. The van der Waals surface area contributed by atoms with Crippen molar-refractivity contribution < 1.29 is 13.2 Å². The molecule has 0 spiro atoms. The number of nitrogen functional groups attached to an aromatic ring is 1. The van der Waals surface area contributed by atoms with Crippen LogP contribution in [0.1, 0.15) is 39.4 Å². The fourth-order valence-corrected chi connectivity index (χ4v) is 4.59. The van der Waals surface area contributed by atoms with Gasteiger partial charge in [0.05, 0.1) is 11.3 Å². The number of nitrogens with two attached hydrogens (primary N) is 1. The number of halogens is 3. The largest absolute Gasteiger partial charge is 0.435 e. The Labute approximate surface area is 168 Å². The van der Waals surface area contributed by atoms with Gasteiger partial charge in [0, 0.05) is 36.6 Å². The lowest BCUT2D eigenvalue weighted by Crippen LogP contribution is -2.28. The fourth-order valence-electron chi connectivity index (χ4n) is 3.60. The van der Waals surface area contributed by atoms with E-state index in [1.165, 1.54) is 22.2 Å². The van der Waals surface area contributed by atoms with Gasteiger partial charge < -0.3 is 11.1 Å². The van der Waals surface area contributed by atoms with Crippen molar-refractivity contribution in [3.63, 3.8) is 0 Å². The first-order valence-electron chi connectivity index (χ1n) is 8.96. The summed E-state index contributed by atoms with van der Waals surface area (Å²) in [6.45, 7) is 3.16. The molecule has 6 nitrogen and oxygen atoms in total. The molecule has 29 heavy (non-hydrogen) atoms. The third-order valence-electron chi connectivity index (χ3n) is 4.89. The van der Waals surface area contributed by atoms with Crippen molar-refractivity contribution in [2.45, 2.75) is 32.1 Å². The summed E-state index contributed by atoms with van der Waals surface area (Å²) in [5.41, 5.74) is 6.49. The van der Waals surface area contributed by atoms with E-state index >= 15 is 0 Å². The van der Waals surface area contributed by atoms with E-state index in [2.05, 4.69) is 21.5 Å². The van der Waals surface area contributed by atoms with Crippen molar-refractivity contribution in [2.75, 3.05) is 12.3 Å². The molecule has 1 aliphatic heterocycles. The summed E-state index contributed by atoms with van der Waals surface area (Å²) in [6.07, 6.45) is -3.26. The van der Waals surface area contributed by atoms with Crippen molar-refractivity contribution in [1.29, 1.82) is 5.26 Å². The summed E-state index contributed by atoms with van der Waals surface area (Å²) in [4.78, 5) is 5.85. The molecule has 1 unspecified atom stereocenters. The lowest BCUT2D eigenvalue weighted by molar-refractivity contribution is -0.141.